The molecule has 0 radical (unpaired) electrons. The van der Waals surface area contributed by atoms with E-state index < -0.39 is 22.4 Å². The Morgan fingerprint density at radius 3 is 2.71 bits per heavy atom. The molecule has 5 nitrogen and oxygen atoms in total. The number of benzene rings is 1. The van der Waals surface area contributed by atoms with Gasteiger partial charge in [0, 0.05) is 18.6 Å². The molecule has 0 aliphatic heterocycles. The number of esters is 1. The minimum atomic E-state index is -0.725. The lowest BCUT2D eigenvalue weighted by atomic mass is 10.1. The second-order valence-corrected chi connectivity index (χ2v) is 3.94. The van der Waals surface area contributed by atoms with E-state index in [2.05, 4.69) is 0 Å². The highest BCUT2D eigenvalue weighted by Gasteiger charge is 2.19. The average Bonchev–Trinajstić information content (AvgIpc) is 2.15. The van der Waals surface area contributed by atoms with E-state index in [0.29, 0.717) is 0 Å². The maximum Gasteiger partial charge on any atom is 0.311 e. The molecular weight excluding hydrogens is 229 g/mol. The van der Waals surface area contributed by atoms with Crippen molar-refractivity contribution >= 4 is 11.7 Å². The van der Waals surface area contributed by atoms with Gasteiger partial charge in [-0.2, -0.15) is 0 Å². The number of nitro groups is 1. The molecule has 0 aliphatic rings. The molecule has 0 saturated heterocycles. The van der Waals surface area contributed by atoms with Crippen LogP contribution in [-0.2, 0) is 4.79 Å². The molecule has 1 aromatic rings. The van der Waals surface area contributed by atoms with Crippen LogP contribution in [0.15, 0.2) is 18.2 Å². The van der Waals surface area contributed by atoms with E-state index in [0.717, 1.165) is 18.2 Å². The van der Waals surface area contributed by atoms with Crippen molar-refractivity contribution < 1.29 is 18.8 Å². The van der Waals surface area contributed by atoms with Gasteiger partial charge in [-0.15, -0.1) is 0 Å². The molecule has 0 aromatic heterocycles. The van der Waals surface area contributed by atoms with E-state index in [-0.39, 0.29) is 18.1 Å². The summed E-state index contributed by atoms with van der Waals surface area (Å²) in [5, 5.41) is 10.6. The molecule has 0 unspecified atom stereocenters. The van der Waals surface area contributed by atoms with Gasteiger partial charge in [-0.25, -0.2) is 4.39 Å². The van der Waals surface area contributed by atoms with Crippen LogP contribution < -0.4 is 4.74 Å². The van der Waals surface area contributed by atoms with Crippen molar-refractivity contribution in [3.8, 4) is 5.75 Å². The second-order valence-electron chi connectivity index (χ2n) is 3.94. The van der Waals surface area contributed by atoms with Crippen LogP contribution in [0.3, 0.4) is 0 Å². The van der Waals surface area contributed by atoms with Crippen LogP contribution in [0, 0.1) is 21.8 Å². The zero-order chi connectivity index (χ0) is 13.0. The number of ether oxygens (including phenoxy) is 1. The first kappa shape index (κ1) is 13.1. The molecule has 0 fully saturated rings. The molecule has 0 heterocycles. The number of nitrogens with zero attached hydrogens (tertiary/aromatic N) is 1. The summed E-state index contributed by atoms with van der Waals surface area (Å²) in [6.45, 7) is 3.61. The Balaban J connectivity index is 2.92. The van der Waals surface area contributed by atoms with E-state index in [1.165, 1.54) is 0 Å². The Labute approximate surface area is 97.3 Å². The molecule has 0 saturated carbocycles. The zero-order valence-corrected chi connectivity index (χ0v) is 9.47. The molecule has 1 aromatic carbocycles. The molecule has 0 N–H and O–H groups in total. The predicted octanol–water partition coefficient (Wildman–Crippen LogP) is 2.69. The number of carbonyl (C=O) groups is 1. The molecule has 0 spiro atoms. The summed E-state index contributed by atoms with van der Waals surface area (Å²) in [6, 6.07) is 2.74. The molecule has 17 heavy (non-hydrogen) atoms. The highest BCUT2D eigenvalue weighted by Crippen LogP contribution is 2.27. The normalized spacial score (nSPS) is 10.4. The van der Waals surface area contributed by atoms with Crippen LogP contribution in [0.2, 0.25) is 0 Å². The fourth-order valence-electron chi connectivity index (χ4n) is 1.22. The van der Waals surface area contributed by atoms with Gasteiger partial charge in [0.1, 0.15) is 5.82 Å². The van der Waals surface area contributed by atoms with Crippen molar-refractivity contribution in [3.05, 3.63) is 34.1 Å². The van der Waals surface area contributed by atoms with Gasteiger partial charge in [-0.1, -0.05) is 13.8 Å². The second kappa shape index (κ2) is 5.38. The quantitative estimate of drug-likeness (QED) is 0.351. The minimum Gasteiger partial charge on any atom is -0.419 e. The van der Waals surface area contributed by atoms with Crippen LogP contribution in [0.5, 0.6) is 5.75 Å². The third-order valence-electron chi connectivity index (χ3n) is 1.92. The number of rotatable bonds is 4. The maximum atomic E-state index is 12.9. The number of halogens is 1. The van der Waals surface area contributed by atoms with Crippen molar-refractivity contribution in [2.45, 2.75) is 20.3 Å². The van der Waals surface area contributed by atoms with E-state index in [1.54, 1.807) is 13.8 Å². The number of nitro benzene ring substituents is 1. The van der Waals surface area contributed by atoms with Gasteiger partial charge in [0.15, 0.2) is 0 Å². The Bertz CT molecular complexity index is 445. The van der Waals surface area contributed by atoms with Crippen LogP contribution in [0.4, 0.5) is 10.1 Å². The van der Waals surface area contributed by atoms with Gasteiger partial charge in [0.25, 0.3) is 0 Å². The topological polar surface area (TPSA) is 69.4 Å². The van der Waals surface area contributed by atoms with E-state index in [4.69, 9.17) is 4.74 Å². The SMILES string of the molecule is CC(C)CC(=O)Oc1cc(F)ccc1[N+](=O)[O-]. The van der Waals surface area contributed by atoms with E-state index in [9.17, 15) is 19.3 Å². The summed E-state index contributed by atoms with van der Waals surface area (Å²) in [4.78, 5) is 21.2. The zero-order valence-electron chi connectivity index (χ0n) is 9.47. The Morgan fingerprint density at radius 1 is 1.53 bits per heavy atom. The lowest BCUT2D eigenvalue weighted by Gasteiger charge is -2.06. The van der Waals surface area contributed by atoms with Gasteiger partial charge < -0.3 is 4.74 Å². The first-order valence-corrected chi connectivity index (χ1v) is 5.04. The Morgan fingerprint density at radius 2 is 2.18 bits per heavy atom. The van der Waals surface area contributed by atoms with E-state index >= 15 is 0 Å². The van der Waals surface area contributed by atoms with Crippen LogP contribution in [0.1, 0.15) is 20.3 Å². The Hall–Kier alpha value is -1.98. The number of carbonyl (C=O) groups excluding carboxylic acids is 1. The summed E-state index contributed by atoms with van der Waals surface area (Å²) >= 11 is 0. The fourth-order valence-corrected chi connectivity index (χ4v) is 1.22. The Kier molecular flexibility index (Phi) is 4.14. The van der Waals surface area contributed by atoms with Gasteiger partial charge in [0.2, 0.25) is 5.75 Å². The van der Waals surface area contributed by atoms with Gasteiger partial charge >= 0.3 is 11.7 Å². The van der Waals surface area contributed by atoms with Crippen molar-refractivity contribution in [2.24, 2.45) is 5.92 Å². The molecule has 1 rings (SSSR count). The van der Waals surface area contributed by atoms with Gasteiger partial charge in [0.05, 0.1) is 4.92 Å². The van der Waals surface area contributed by atoms with Crippen molar-refractivity contribution in [2.75, 3.05) is 0 Å². The third-order valence-corrected chi connectivity index (χ3v) is 1.92. The summed E-state index contributed by atoms with van der Waals surface area (Å²) in [6.07, 6.45) is 0.119. The molecule has 0 atom stereocenters. The van der Waals surface area contributed by atoms with E-state index in [1.807, 2.05) is 0 Å². The standard InChI is InChI=1S/C11H12FNO4/c1-7(2)5-11(14)17-10-6-8(12)3-4-9(10)13(15)16/h3-4,6-7H,5H2,1-2H3. The molecule has 0 amide bonds. The van der Waals surface area contributed by atoms with Crippen LogP contribution in [0.25, 0.3) is 0 Å². The summed E-state index contributed by atoms with van der Waals surface area (Å²) < 4.78 is 17.7. The fraction of sp³-hybridized carbons (Fsp3) is 0.364. The molecule has 92 valence electrons. The average molecular weight is 241 g/mol. The first-order chi connectivity index (χ1) is 7.90. The summed E-state index contributed by atoms with van der Waals surface area (Å²) in [5.74, 6) is -1.60. The molecule has 0 aliphatic carbocycles. The largest absolute Gasteiger partial charge is 0.419 e. The van der Waals surface area contributed by atoms with Crippen molar-refractivity contribution in [1.29, 1.82) is 0 Å². The summed E-state index contributed by atoms with van der Waals surface area (Å²) in [7, 11) is 0. The number of hydrogen-bond donors (Lipinski definition) is 0. The summed E-state index contributed by atoms with van der Waals surface area (Å²) in [5.41, 5.74) is -0.427. The van der Waals surface area contributed by atoms with Crippen LogP contribution in [-0.4, -0.2) is 10.9 Å². The highest BCUT2D eigenvalue weighted by atomic mass is 19.1. The highest BCUT2D eigenvalue weighted by molar-refractivity contribution is 5.74. The lowest BCUT2D eigenvalue weighted by molar-refractivity contribution is -0.385. The third kappa shape index (κ3) is 3.82. The lowest BCUT2D eigenvalue weighted by Crippen LogP contribution is -2.11. The molecule has 6 heteroatoms. The molecule has 0 bridgehead atoms. The van der Waals surface area contributed by atoms with Gasteiger partial charge in [-0.3, -0.25) is 14.9 Å². The van der Waals surface area contributed by atoms with Crippen molar-refractivity contribution in [3.63, 3.8) is 0 Å². The van der Waals surface area contributed by atoms with Gasteiger partial charge in [-0.05, 0) is 12.0 Å². The number of hydrogen-bond acceptors (Lipinski definition) is 4. The van der Waals surface area contributed by atoms with Crippen LogP contribution >= 0.6 is 0 Å². The molecular formula is C11H12FNO4. The monoisotopic (exact) mass is 241 g/mol. The maximum absolute atomic E-state index is 12.9. The first-order valence-electron chi connectivity index (χ1n) is 5.04. The smallest absolute Gasteiger partial charge is 0.311 e. The minimum absolute atomic E-state index is 0.0649. The van der Waals surface area contributed by atoms with Crippen molar-refractivity contribution in [1.82, 2.24) is 0 Å². The predicted molar refractivity (Wildman–Crippen MR) is 58.1 cm³/mol.